The number of hydrogen-bond donors (Lipinski definition) is 0. The van der Waals surface area contributed by atoms with E-state index in [1.807, 2.05) is 61.2 Å². The number of likely N-dealkylation sites (tertiary alicyclic amines) is 1. The third kappa shape index (κ3) is 4.86. The summed E-state index contributed by atoms with van der Waals surface area (Å²) in [6.45, 7) is 5.35. The van der Waals surface area contributed by atoms with Crippen LogP contribution in [0.15, 0.2) is 91.0 Å². The Labute approximate surface area is 190 Å². The average molecular weight is 430 g/mol. The highest BCUT2D eigenvalue weighted by molar-refractivity contribution is 5.69. The highest BCUT2D eigenvalue weighted by Crippen LogP contribution is 2.44. The number of rotatable bonds is 7. The summed E-state index contributed by atoms with van der Waals surface area (Å²) in [6, 6.07) is 30.7. The number of hydrogen-bond acceptors (Lipinski definition) is 3. The van der Waals surface area contributed by atoms with Gasteiger partial charge in [0, 0.05) is 12.0 Å². The summed E-state index contributed by atoms with van der Waals surface area (Å²) < 4.78 is 11.7. The lowest BCUT2D eigenvalue weighted by Crippen LogP contribution is -2.40. The van der Waals surface area contributed by atoms with Crippen LogP contribution in [0.25, 0.3) is 0 Å². The molecule has 4 rings (SSSR count). The molecular formula is C28H31NO3. The lowest BCUT2D eigenvalue weighted by molar-refractivity contribution is 0.0295. The first-order valence-corrected chi connectivity index (χ1v) is 11.3. The highest BCUT2D eigenvalue weighted by atomic mass is 16.6. The molecule has 0 spiro atoms. The highest BCUT2D eigenvalue weighted by Gasteiger charge is 2.48. The van der Waals surface area contributed by atoms with E-state index in [9.17, 15) is 4.79 Å². The summed E-state index contributed by atoms with van der Waals surface area (Å²) in [4.78, 5) is 15.1. The molecule has 1 fully saturated rings. The maximum absolute atomic E-state index is 13.3. The fourth-order valence-corrected chi connectivity index (χ4v) is 4.56. The Balaban J connectivity index is 1.64. The van der Waals surface area contributed by atoms with Gasteiger partial charge in [-0.1, -0.05) is 91.0 Å². The lowest BCUT2D eigenvalue weighted by atomic mass is 9.73. The van der Waals surface area contributed by atoms with Gasteiger partial charge in [-0.25, -0.2) is 4.79 Å². The van der Waals surface area contributed by atoms with E-state index in [-0.39, 0.29) is 30.3 Å². The van der Waals surface area contributed by atoms with E-state index in [2.05, 4.69) is 48.5 Å². The molecule has 0 saturated carbocycles. The molecule has 4 nitrogen and oxygen atoms in total. The number of nitrogens with zero attached hydrogens (tertiary/aromatic N) is 1. The largest absolute Gasteiger partial charge is 0.445 e. The number of carbonyl (C=O) groups excluding carboxylic acids is 1. The van der Waals surface area contributed by atoms with E-state index in [0.29, 0.717) is 13.2 Å². The van der Waals surface area contributed by atoms with Gasteiger partial charge in [0.1, 0.15) is 6.61 Å². The van der Waals surface area contributed by atoms with E-state index in [1.54, 1.807) is 0 Å². The van der Waals surface area contributed by atoms with E-state index in [4.69, 9.17) is 9.47 Å². The molecule has 1 atom stereocenters. The van der Waals surface area contributed by atoms with Crippen molar-refractivity contribution in [2.45, 2.75) is 44.4 Å². The molecule has 1 unspecified atom stereocenters. The molecule has 0 bridgehead atoms. The normalized spacial score (nSPS) is 17.5. The van der Waals surface area contributed by atoms with Gasteiger partial charge in [-0.05, 0) is 37.0 Å². The molecule has 1 amide bonds. The van der Waals surface area contributed by atoms with E-state index in [0.717, 1.165) is 12.0 Å². The van der Waals surface area contributed by atoms with Crippen molar-refractivity contribution in [2.75, 3.05) is 13.2 Å². The fourth-order valence-electron chi connectivity index (χ4n) is 4.56. The Hall–Kier alpha value is -3.11. The minimum absolute atomic E-state index is 0.0684. The zero-order valence-corrected chi connectivity index (χ0v) is 18.8. The molecule has 1 aliphatic heterocycles. The van der Waals surface area contributed by atoms with Gasteiger partial charge in [-0.15, -0.1) is 0 Å². The van der Waals surface area contributed by atoms with Gasteiger partial charge >= 0.3 is 6.09 Å². The van der Waals surface area contributed by atoms with Crippen LogP contribution in [0.1, 0.15) is 37.0 Å². The SMILES string of the molecule is CC(C)OCC1CC(c2ccccc2)(c2ccccc2)CN1C(=O)OCc1ccccc1. The van der Waals surface area contributed by atoms with Crippen LogP contribution in [-0.2, 0) is 21.5 Å². The van der Waals surface area contributed by atoms with Crippen LogP contribution in [0, 0.1) is 0 Å². The van der Waals surface area contributed by atoms with Gasteiger partial charge in [0.05, 0.1) is 18.8 Å². The van der Waals surface area contributed by atoms with Crippen LogP contribution in [-0.4, -0.2) is 36.3 Å². The molecule has 0 aromatic heterocycles. The molecule has 166 valence electrons. The van der Waals surface area contributed by atoms with Gasteiger partial charge in [0.15, 0.2) is 0 Å². The second-order valence-corrected chi connectivity index (χ2v) is 8.72. The van der Waals surface area contributed by atoms with Crippen LogP contribution in [0.4, 0.5) is 4.79 Å². The Morgan fingerprint density at radius 3 is 1.97 bits per heavy atom. The van der Waals surface area contributed by atoms with Crippen LogP contribution >= 0.6 is 0 Å². The number of amides is 1. The molecule has 0 radical (unpaired) electrons. The second-order valence-electron chi connectivity index (χ2n) is 8.72. The van der Waals surface area contributed by atoms with Crippen molar-refractivity contribution in [3.8, 4) is 0 Å². The molecular weight excluding hydrogens is 398 g/mol. The topological polar surface area (TPSA) is 38.8 Å². The summed E-state index contributed by atoms with van der Waals surface area (Å²) in [7, 11) is 0. The van der Waals surface area contributed by atoms with Crippen molar-refractivity contribution in [1.82, 2.24) is 4.90 Å². The minimum atomic E-state index is -0.306. The monoisotopic (exact) mass is 429 g/mol. The van der Waals surface area contributed by atoms with Crippen LogP contribution in [0.5, 0.6) is 0 Å². The Bertz CT molecular complexity index is 949. The first-order chi connectivity index (χ1) is 15.6. The van der Waals surface area contributed by atoms with Gasteiger partial charge in [0.25, 0.3) is 0 Å². The summed E-state index contributed by atoms with van der Waals surface area (Å²) in [6.07, 6.45) is 0.592. The maximum atomic E-state index is 13.3. The molecule has 3 aromatic carbocycles. The quantitative estimate of drug-likeness (QED) is 0.476. The minimum Gasteiger partial charge on any atom is -0.445 e. The Morgan fingerprint density at radius 2 is 1.44 bits per heavy atom. The standard InChI is InChI=1S/C28H31NO3/c1-22(2)31-20-26-18-28(24-14-8-4-9-15-24,25-16-10-5-11-17-25)21-29(26)27(30)32-19-23-12-6-3-7-13-23/h3-17,22,26H,18-21H2,1-2H3. The van der Waals surface area contributed by atoms with Gasteiger partial charge in [-0.3, -0.25) is 0 Å². The van der Waals surface area contributed by atoms with E-state index < -0.39 is 0 Å². The maximum Gasteiger partial charge on any atom is 0.410 e. The third-order valence-corrected chi connectivity index (χ3v) is 6.18. The van der Waals surface area contributed by atoms with Gasteiger partial charge in [0.2, 0.25) is 0 Å². The first-order valence-electron chi connectivity index (χ1n) is 11.3. The smallest absolute Gasteiger partial charge is 0.410 e. The molecule has 0 aliphatic carbocycles. The summed E-state index contributed by atoms with van der Waals surface area (Å²) >= 11 is 0. The Morgan fingerprint density at radius 1 is 0.906 bits per heavy atom. The summed E-state index contributed by atoms with van der Waals surface area (Å²) in [5.74, 6) is 0. The first kappa shape index (κ1) is 22.1. The number of benzene rings is 3. The van der Waals surface area contributed by atoms with Crippen molar-refractivity contribution in [1.29, 1.82) is 0 Å². The van der Waals surface area contributed by atoms with Crippen LogP contribution < -0.4 is 0 Å². The summed E-state index contributed by atoms with van der Waals surface area (Å²) in [5.41, 5.74) is 3.09. The zero-order valence-electron chi connectivity index (χ0n) is 18.8. The van der Waals surface area contributed by atoms with E-state index >= 15 is 0 Å². The lowest BCUT2D eigenvalue weighted by Gasteiger charge is -2.30. The van der Waals surface area contributed by atoms with Crippen molar-refractivity contribution in [2.24, 2.45) is 0 Å². The molecule has 4 heteroatoms. The predicted molar refractivity (Wildman–Crippen MR) is 126 cm³/mol. The molecule has 0 N–H and O–H groups in total. The van der Waals surface area contributed by atoms with Gasteiger partial charge in [-0.2, -0.15) is 0 Å². The molecule has 3 aromatic rings. The molecule has 32 heavy (non-hydrogen) atoms. The average Bonchev–Trinajstić information content (AvgIpc) is 3.24. The Kier molecular flexibility index (Phi) is 6.91. The van der Waals surface area contributed by atoms with Crippen LogP contribution in [0.2, 0.25) is 0 Å². The van der Waals surface area contributed by atoms with Gasteiger partial charge < -0.3 is 14.4 Å². The van der Waals surface area contributed by atoms with Crippen molar-refractivity contribution in [3.05, 3.63) is 108 Å². The number of ether oxygens (including phenoxy) is 2. The van der Waals surface area contributed by atoms with E-state index in [1.165, 1.54) is 11.1 Å². The summed E-state index contributed by atoms with van der Waals surface area (Å²) in [5, 5.41) is 0. The zero-order chi connectivity index (χ0) is 22.4. The number of carbonyl (C=O) groups is 1. The van der Waals surface area contributed by atoms with Crippen molar-refractivity contribution in [3.63, 3.8) is 0 Å². The van der Waals surface area contributed by atoms with Crippen molar-refractivity contribution < 1.29 is 14.3 Å². The molecule has 1 saturated heterocycles. The second kappa shape index (κ2) is 10.0. The van der Waals surface area contributed by atoms with Crippen LogP contribution in [0.3, 0.4) is 0 Å². The fraction of sp³-hybridized carbons (Fsp3) is 0.321. The predicted octanol–water partition coefficient (Wildman–Crippen LogP) is 5.81. The molecule has 1 heterocycles. The van der Waals surface area contributed by atoms with Crippen molar-refractivity contribution >= 4 is 6.09 Å². The molecule has 1 aliphatic rings. The third-order valence-electron chi connectivity index (χ3n) is 6.18.